The van der Waals surface area contributed by atoms with Crippen molar-refractivity contribution in [2.24, 2.45) is 11.8 Å². The van der Waals surface area contributed by atoms with Crippen LogP contribution < -0.4 is 0 Å². The lowest BCUT2D eigenvalue weighted by Gasteiger charge is -2.34. The molecule has 1 amide bonds. The van der Waals surface area contributed by atoms with E-state index in [4.69, 9.17) is 0 Å². The molecule has 2 atom stereocenters. The second-order valence-corrected chi connectivity index (χ2v) is 11.1. The van der Waals surface area contributed by atoms with E-state index in [1.54, 1.807) is 17.0 Å². The number of carbonyl (C=O) groups is 1. The predicted octanol–water partition coefficient (Wildman–Crippen LogP) is 4.44. The van der Waals surface area contributed by atoms with Crippen LogP contribution in [0.2, 0.25) is 0 Å². The van der Waals surface area contributed by atoms with E-state index < -0.39 is 21.7 Å². The van der Waals surface area contributed by atoms with Gasteiger partial charge in [-0.1, -0.05) is 26.0 Å². The van der Waals surface area contributed by atoms with Crippen LogP contribution in [-0.4, -0.2) is 42.7 Å². The summed E-state index contributed by atoms with van der Waals surface area (Å²) in [6, 6.07) is 9.36. The van der Waals surface area contributed by atoms with Gasteiger partial charge in [-0.15, -0.1) is 0 Å². The molecule has 2 aliphatic rings. The van der Waals surface area contributed by atoms with Crippen LogP contribution in [0.5, 0.6) is 0 Å². The van der Waals surface area contributed by atoms with Crippen LogP contribution in [-0.2, 0) is 16.6 Å². The maximum absolute atomic E-state index is 14.2. The van der Waals surface area contributed by atoms with E-state index >= 15 is 0 Å². The molecule has 0 aromatic heterocycles. The first-order valence-electron chi connectivity index (χ1n) is 11.0. The minimum atomic E-state index is -3.72. The van der Waals surface area contributed by atoms with Crippen LogP contribution in [0.3, 0.4) is 0 Å². The number of amides is 1. The van der Waals surface area contributed by atoms with Gasteiger partial charge in [-0.05, 0) is 55.4 Å². The van der Waals surface area contributed by atoms with Crippen molar-refractivity contribution in [1.29, 1.82) is 0 Å². The first-order chi connectivity index (χ1) is 15.1. The van der Waals surface area contributed by atoms with Crippen LogP contribution in [0.1, 0.15) is 49.0 Å². The van der Waals surface area contributed by atoms with Crippen molar-refractivity contribution in [2.75, 3.05) is 13.1 Å². The molecule has 0 spiro atoms. The van der Waals surface area contributed by atoms with Gasteiger partial charge in [0.1, 0.15) is 11.6 Å². The quantitative estimate of drug-likeness (QED) is 0.638. The maximum Gasteiger partial charge on any atom is 0.254 e. The van der Waals surface area contributed by atoms with Crippen LogP contribution in [0.25, 0.3) is 0 Å². The molecule has 5 nitrogen and oxygen atoms in total. The predicted molar refractivity (Wildman–Crippen MR) is 117 cm³/mol. The minimum absolute atomic E-state index is 0.00768. The normalized spacial score (nSPS) is 22.0. The summed E-state index contributed by atoms with van der Waals surface area (Å²) in [4.78, 5) is 14.9. The number of carbonyl (C=O) groups excluding carboxylic acids is 1. The number of nitrogens with zero attached hydrogens (tertiary/aromatic N) is 2. The molecular weight excluding hydrogens is 434 g/mol. The number of rotatable bonds is 6. The molecule has 1 saturated carbocycles. The van der Waals surface area contributed by atoms with E-state index in [1.807, 2.05) is 13.8 Å². The summed E-state index contributed by atoms with van der Waals surface area (Å²) in [5, 5.41) is 0. The van der Waals surface area contributed by atoms with E-state index in [0.717, 1.165) is 25.3 Å². The molecule has 4 rings (SSSR count). The highest BCUT2D eigenvalue weighted by Crippen LogP contribution is 2.31. The van der Waals surface area contributed by atoms with E-state index in [9.17, 15) is 22.0 Å². The standard InChI is InChI=1S/C24H28F2N2O3S/c1-16-10-17(2)14-27(13-16)32(30,31)22-5-3-4-18(11-22)24(29)28(21-8-9-21)15-19-6-7-20(25)12-23(19)26/h3-7,11-12,16-17,21H,8-10,13-15H2,1-2H3. The fourth-order valence-electron chi connectivity index (χ4n) is 4.49. The van der Waals surface area contributed by atoms with Crippen molar-refractivity contribution in [2.45, 2.75) is 50.6 Å². The van der Waals surface area contributed by atoms with Crippen molar-refractivity contribution in [3.05, 3.63) is 65.2 Å². The Balaban J connectivity index is 1.59. The molecule has 2 aromatic carbocycles. The number of hydrogen-bond acceptors (Lipinski definition) is 3. The number of halogens is 2. The monoisotopic (exact) mass is 462 g/mol. The first kappa shape index (κ1) is 22.9. The Hall–Kier alpha value is -2.32. The van der Waals surface area contributed by atoms with Crippen LogP contribution >= 0.6 is 0 Å². The number of piperidine rings is 1. The van der Waals surface area contributed by atoms with Gasteiger partial charge >= 0.3 is 0 Å². The van der Waals surface area contributed by atoms with E-state index in [-0.39, 0.29) is 46.4 Å². The Bertz CT molecular complexity index is 1110. The van der Waals surface area contributed by atoms with E-state index in [0.29, 0.717) is 13.1 Å². The van der Waals surface area contributed by atoms with E-state index in [1.165, 1.54) is 28.6 Å². The van der Waals surface area contributed by atoms with Gasteiger partial charge in [0, 0.05) is 42.9 Å². The van der Waals surface area contributed by atoms with Gasteiger partial charge in [0.15, 0.2) is 0 Å². The summed E-state index contributed by atoms with van der Waals surface area (Å²) in [6.07, 6.45) is 2.59. The molecule has 1 aliphatic heterocycles. The average molecular weight is 463 g/mol. The topological polar surface area (TPSA) is 57.7 Å². The van der Waals surface area contributed by atoms with Crippen molar-refractivity contribution in [1.82, 2.24) is 9.21 Å². The molecule has 32 heavy (non-hydrogen) atoms. The molecule has 8 heteroatoms. The SMILES string of the molecule is CC1CC(C)CN(S(=O)(=O)c2cccc(C(=O)N(Cc3ccc(F)cc3F)C3CC3)c2)C1. The second kappa shape index (κ2) is 8.90. The van der Waals surface area contributed by atoms with Gasteiger partial charge in [0.2, 0.25) is 10.0 Å². The van der Waals surface area contributed by atoms with Crippen molar-refractivity contribution in [3.8, 4) is 0 Å². The Labute approximate surface area is 188 Å². The van der Waals surface area contributed by atoms with E-state index in [2.05, 4.69) is 0 Å². The van der Waals surface area contributed by atoms with Crippen molar-refractivity contribution < 1.29 is 22.0 Å². The summed E-state index contributed by atoms with van der Waals surface area (Å²) in [5.41, 5.74) is 0.477. The number of hydrogen-bond donors (Lipinski definition) is 0. The average Bonchev–Trinajstić information content (AvgIpc) is 3.57. The lowest BCUT2D eigenvalue weighted by molar-refractivity contribution is 0.0728. The van der Waals surface area contributed by atoms with Gasteiger partial charge in [-0.3, -0.25) is 4.79 Å². The summed E-state index contributed by atoms with van der Waals surface area (Å²) >= 11 is 0. The Kier molecular flexibility index (Phi) is 6.36. The number of benzene rings is 2. The Morgan fingerprint density at radius 1 is 1.06 bits per heavy atom. The highest BCUT2D eigenvalue weighted by molar-refractivity contribution is 7.89. The summed E-state index contributed by atoms with van der Waals surface area (Å²) in [5.74, 6) is -1.18. The van der Waals surface area contributed by atoms with Gasteiger partial charge in [0.25, 0.3) is 5.91 Å². The minimum Gasteiger partial charge on any atom is -0.331 e. The molecule has 1 aliphatic carbocycles. The zero-order valence-electron chi connectivity index (χ0n) is 18.3. The van der Waals surface area contributed by atoms with Gasteiger partial charge in [0.05, 0.1) is 4.90 Å². The molecular formula is C24H28F2N2O3S. The summed E-state index contributed by atoms with van der Waals surface area (Å²) in [7, 11) is -3.72. The highest BCUT2D eigenvalue weighted by Gasteiger charge is 2.35. The zero-order chi connectivity index (χ0) is 23.0. The van der Waals surface area contributed by atoms with Gasteiger partial charge in [-0.2, -0.15) is 4.31 Å². The Morgan fingerprint density at radius 3 is 2.38 bits per heavy atom. The highest BCUT2D eigenvalue weighted by atomic mass is 32.2. The van der Waals surface area contributed by atoms with Crippen LogP contribution in [0.4, 0.5) is 8.78 Å². The van der Waals surface area contributed by atoms with Crippen LogP contribution in [0.15, 0.2) is 47.4 Å². The molecule has 2 fully saturated rings. The fourth-order valence-corrected chi connectivity index (χ4v) is 6.22. The molecule has 172 valence electrons. The lowest BCUT2D eigenvalue weighted by atomic mass is 9.94. The molecule has 2 aromatic rings. The third-order valence-electron chi connectivity index (χ3n) is 6.16. The summed E-state index contributed by atoms with van der Waals surface area (Å²) < 4.78 is 55.5. The molecule has 0 N–H and O–H groups in total. The van der Waals surface area contributed by atoms with Gasteiger partial charge in [-0.25, -0.2) is 17.2 Å². The van der Waals surface area contributed by atoms with Crippen LogP contribution in [0, 0.1) is 23.5 Å². The Morgan fingerprint density at radius 2 is 1.75 bits per heavy atom. The third-order valence-corrected chi connectivity index (χ3v) is 7.99. The van der Waals surface area contributed by atoms with Crippen molar-refractivity contribution >= 4 is 15.9 Å². The molecule has 1 heterocycles. The lowest BCUT2D eigenvalue weighted by Crippen LogP contribution is -2.42. The fraction of sp³-hybridized carbons (Fsp3) is 0.458. The maximum atomic E-state index is 14.2. The largest absolute Gasteiger partial charge is 0.331 e. The smallest absolute Gasteiger partial charge is 0.254 e. The zero-order valence-corrected chi connectivity index (χ0v) is 19.1. The molecule has 2 unspecified atom stereocenters. The number of sulfonamides is 1. The molecule has 0 radical (unpaired) electrons. The summed E-state index contributed by atoms with van der Waals surface area (Å²) in [6.45, 7) is 5.01. The van der Waals surface area contributed by atoms with Crippen molar-refractivity contribution in [3.63, 3.8) is 0 Å². The van der Waals surface area contributed by atoms with Gasteiger partial charge < -0.3 is 4.90 Å². The second-order valence-electron chi connectivity index (χ2n) is 9.20. The first-order valence-corrected chi connectivity index (χ1v) is 12.4. The molecule has 1 saturated heterocycles. The third kappa shape index (κ3) is 4.86. The molecule has 0 bridgehead atoms.